The second-order valence-electron chi connectivity index (χ2n) is 4.21. The van der Waals surface area contributed by atoms with Crippen LogP contribution in [0, 0.1) is 0 Å². The molecule has 1 saturated heterocycles. The van der Waals surface area contributed by atoms with Gasteiger partial charge in [0.05, 0.1) is 11.0 Å². The van der Waals surface area contributed by atoms with Crippen LogP contribution in [0.25, 0.3) is 11.0 Å². The summed E-state index contributed by atoms with van der Waals surface area (Å²) in [5.41, 5.74) is 0.666. The van der Waals surface area contributed by atoms with E-state index in [0.717, 1.165) is 9.69 Å². The number of imide groups is 1. The summed E-state index contributed by atoms with van der Waals surface area (Å²) in [7, 11) is 0. The lowest BCUT2D eigenvalue weighted by molar-refractivity contribution is -0.131. The molecule has 2 amide bonds. The van der Waals surface area contributed by atoms with Gasteiger partial charge in [-0.05, 0) is 18.6 Å². The summed E-state index contributed by atoms with van der Waals surface area (Å²) in [6.45, 7) is 0. The molecule has 2 aromatic rings. The van der Waals surface area contributed by atoms with Crippen molar-refractivity contribution in [2.24, 2.45) is 0 Å². The third kappa shape index (κ3) is 1.46. The number of nitrogens with one attached hydrogen (secondary N) is 1. The van der Waals surface area contributed by atoms with Gasteiger partial charge in [-0.1, -0.05) is 12.1 Å². The molecule has 0 spiro atoms. The number of aromatic amines is 1. The van der Waals surface area contributed by atoms with Crippen molar-refractivity contribution in [1.82, 2.24) is 9.66 Å². The van der Waals surface area contributed by atoms with E-state index < -0.39 is 5.69 Å². The van der Waals surface area contributed by atoms with Crippen molar-refractivity contribution in [2.45, 2.75) is 19.3 Å². The highest BCUT2D eigenvalue weighted by atomic mass is 16.2. The maximum Gasteiger partial charge on any atom is 0.346 e. The second kappa shape index (κ2) is 3.83. The lowest BCUT2D eigenvalue weighted by Gasteiger charge is -2.24. The predicted octanol–water partition coefficient (Wildman–Crippen LogP) is 0.505. The summed E-state index contributed by atoms with van der Waals surface area (Å²) < 4.78 is 1.12. The van der Waals surface area contributed by atoms with Crippen LogP contribution in [0.4, 0.5) is 0 Å². The normalized spacial score (nSPS) is 16.6. The standard InChI is InChI=1S/C12H11N3O3/c16-10-6-3-7-11(17)15(10)14-9-5-2-1-4-8(9)13-12(14)18/h1-2,4-5H,3,6-7H2,(H,13,18). The predicted molar refractivity (Wildman–Crippen MR) is 64.6 cm³/mol. The fourth-order valence-electron chi connectivity index (χ4n) is 2.20. The van der Waals surface area contributed by atoms with Gasteiger partial charge in [0.2, 0.25) is 11.8 Å². The number of amides is 2. The largest absolute Gasteiger partial charge is 0.346 e. The van der Waals surface area contributed by atoms with E-state index in [9.17, 15) is 14.4 Å². The first-order chi connectivity index (χ1) is 8.68. The van der Waals surface area contributed by atoms with Gasteiger partial charge in [0, 0.05) is 12.8 Å². The molecule has 0 bridgehead atoms. The minimum Gasteiger partial charge on any atom is -0.304 e. The van der Waals surface area contributed by atoms with Gasteiger partial charge >= 0.3 is 5.69 Å². The van der Waals surface area contributed by atoms with Crippen LogP contribution < -0.4 is 10.7 Å². The summed E-state index contributed by atoms with van der Waals surface area (Å²) in [5, 5.41) is 0.949. The number of carbonyl (C=O) groups is 2. The number of imidazole rings is 1. The van der Waals surface area contributed by atoms with E-state index >= 15 is 0 Å². The molecule has 1 aromatic carbocycles. The molecule has 1 aromatic heterocycles. The SMILES string of the molecule is O=C1CCCC(=O)N1n1c(=O)[nH]c2ccccc21. The molecule has 2 heterocycles. The molecule has 1 N–H and O–H groups in total. The van der Waals surface area contributed by atoms with Crippen LogP contribution in [-0.2, 0) is 9.59 Å². The monoisotopic (exact) mass is 245 g/mol. The number of carbonyl (C=O) groups excluding carboxylic acids is 2. The van der Waals surface area contributed by atoms with Gasteiger partial charge < -0.3 is 4.98 Å². The summed E-state index contributed by atoms with van der Waals surface area (Å²) in [5.74, 6) is -0.670. The Hall–Kier alpha value is -2.37. The Morgan fingerprint density at radius 2 is 1.67 bits per heavy atom. The number of para-hydroxylation sites is 2. The molecule has 3 rings (SSSR count). The second-order valence-corrected chi connectivity index (χ2v) is 4.21. The van der Waals surface area contributed by atoms with Crippen molar-refractivity contribution in [2.75, 3.05) is 5.01 Å². The Kier molecular flexibility index (Phi) is 2.29. The van der Waals surface area contributed by atoms with Gasteiger partial charge in [-0.15, -0.1) is 0 Å². The molecule has 0 unspecified atom stereocenters. The number of benzene rings is 1. The zero-order valence-corrected chi connectivity index (χ0v) is 9.55. The number of rotatable bonds is 1. The van der Waals surface area contributed by atoms with Crippen molar-refractivity contribution < 1.29 is 9.59 Å². The number of fused-ring (bicyclic) bond motifs is 1. The first kappa shape index (κ1) is 10.8. The van der Waals surface area contributed by atoms with Crippen LogP contribution in [0.2, 0.25) is 0 Å². The number of hydrogen-bond donors (Lipinski definition) is 1. The van der Waals surface area contributed by atoms with E-state index in [-0.39, 0.29) is 24.7 Å². The molecule has 1 aliphatic heterocycles. The highest BCUT2D eigenvalue weighted by molar-refractivity contribution is 6.10. The molecule has 0 radical (unpaired) electrons. The number of nitrogens with zero attached hydrogens (tertiary/aromatic N) is 2. The minimum absolute atomic E-state index is 0.289. The molecule has 0 aliphatic carbocycles. The van der Waals surface area contributed by atoms with Gasteiger partial charge in [-0.3, -0.25) is 9.59 Å². The summed E-state index contributed by atoms with van der Waals surface area (Å²) in [6, 6.07) is 6.96. The molecule has 6 heteroatoms. The molecule has 6 nitrogen and oxygen atoms in total. The molecule has 18 heavy (non-hydrogen) atoms. The molecule has 1 aliphatic rings. The van der Waals surface area contributed by atoms with E-state index in [2.05, 4.69) is 4.98 Å². The zero-order valence-electron chi connectivity index (χ0n) is 9.55. The van der Waals surface area contributed by atoms with E-state index in [1.54, 1.807) is 24.3 Å². The third-order valence-corrected chi connectivity index (χ3v) is 3.02. The Labute approximate surface area is 102 Å². The molecular weight excluding hydrogens is 234 g/mol. The van der Waals surface area contributed by atoms with E-state index in [0.29, 0.717) is 17.5 Å². The first-order valence-electron chi connectivity index (χ1n) is 5.74. The Balaban J connectivity index is 2.24. The Morgan fingerprint density at radius 1 is 1.00 bits per heavy atom. The van der Waals surface area contributed by atoms with Crippen LogP contribution in [0.5, 0.6) is 0 Å². The number of piperidine rings is 1. The topological polar surface area (TPSA) is 75.2 Å². The smallest absolute Gasteiger partial charge is 0.304 e. The maximum absolute atomic E-state index is 11.9. The van der Waals surface area contributed by atoms with Gasteiger partial charge in [0.1, 0.15) is 0 Å². The van der Waals surface area contributed by atoms with E-state index in [4.69, 9.17) is 0 Å². The molecule has 0 saturated carbocycles. The Bertz CT molecular complexity index is 682. The van der Waals surface area contributed by atoms with Gasteiger partial charge in [0.25, 0.3) is 0 Å². The highest BCUT2D eigenvalue weighted by Gasteiger charge is 2.30. The number of hydrogen-bond acceptors (Lipinski definition) is 3. The minimum atomic E-state index is -0.472. The maximum atomic E-state index is 11.9. The number of H-pyrrole nitrogens is 1. The van der Waals surface area contributed by atoms with Crippen LogP contribution in [-0.4, -0.2) is 21.5 Å². The Morgan fingerprint density at radius 3 is 2.39 bits per heavy atom. The summed E-state index contributed by atoms with van der Waals surface area (Å²) in [6.07, 6.45) is 1.13. The molecule has 1 fully saturated rings. The molecule has 0 atom stereocenters. The van der Waals surface area contributed by atoms with Gasteiger partial charge in [0.15, 0.2) is 0 Å². The average molecular weight is 245 g/mol. The van der Waals surface area contributed by atoms with E-state index in [1.165, 1.54) is 0 Å². The highest BCUT2D eigenvalue weighted by Crippen LogP contribution is 2.15. The summed E-state index contributed by atoms with van der Waals surface area (Å²) >= 11 is 0. The number of aromatic nitrogens is 2. The zero-order chi connectivity index (χ0) is 12.7. The fraction of sp³-hybridized carbons (Fsp3) is 0.250. The average Bonchev–Trinajstić information content (AvgIpc) is 2.66. The van der Waals surface area contributed by atoms with Crippen molar-refractivity contribution in [1.29, 1.82) is 0 Å². The van der Waals surface area contributed by atoms with Crippen molar-refractivity contribution in [3.8, 4) is 0 Å². The quantitative estimate of drug-likeness (QED) is 0.743. The van der Waals surface area contributed by atoms with Crippen molar-refractivity contribution >= 4 is 22.8 Å². The van der Waals surface area contributed by atoms with Crippen LogP contribution in [0.1, 0.15) is 19.3 Å². The van der Waals surface area contributed by atoms with Crippen LogP contribution in [0.15, 0.2) is 29.1 Å². The van der Waals surface area contributed by atoms with Gasteiger partial charge in [-0.25, -0.2) is 4.79 Å². The van der Waals surface area contributed by atoms with E-state index in [1.807, 2.05) is 0 Å². The summed E-state index contributed by atoms with van der Waals surface area (Å²) in [4.78, 5) is 38.2. The lowest BCUT2D eigenvalue weighted by Crippen LogP contribution is -2.51. The van der Waals surface area contributed by atoms with Gasteiger partial charge in [-0.2, -0.15) is 9.69 Å². The third-order valence-electron chi connectivity index (χ3n) is 3.02. The first-order valence-corrected chi connectivity index (χ1v) is 5.74. The molecule has 92 valence electrons. The molecular formula is C12H11N3O3. The van der Waals surface area contributed by atoms with Crippen LogP contribution >= 0.6 is 0 Å². The van der Waals surface area contributed by atoms with Crippen molar-refractivity contribution in [3.63, 3.8) is 0 Å². The van der Waals surface area contributed by atoms with Crippen LogP contribution in [0.3, 0.4) is 0 Å². The van der Waals surface area contributed by atoms with Crippen molar-refractivity contribution in [3.05, 3.63) is 34.7 Å². The lowest BCUT2D eigenvalue weighted by atomic mass is 10.1. The fourth-order valence-corrected chi connectivity index (χ4v) is 2.20.